The molecule has 0 saturated carbocycles. The van der Waals surface area contributed by atoms with Gasteiger partial charge in [-0.1, -0.05) is 12.1 Å². The quantitative estimate of drug-likeness (QED) is 0.783. The van der Waals surface area contributed by atoms with E-state index in [-0.39, 0.29) is 5.75 Å². The molecule has 4 nitrogen and oxygen atoms in total. The molecule has 0 heterocycles. The topological polar surface area (TPSA) is 83.9 Å². The zero-order valence-corrected chi connectivity index (χ0v) is 8.29. The van der Waals surface area contributed by atoms with E-state index < -0.39 is 10.0 Å². The van der Waals surface area contributed by atoms with E-state index in [1.165, 1.54) is 0 Å². The lowest BCUT2D eigenvalue weighted by Crippen LogP contribution is -2.17. The molecule has 0 spiro atoms. The minimum atomic E-state index is -3.40. The molecule has 0 aliphatic heterocycles. The average molecular weight is 210 g/mol. The maximum absolute atomic E-state index is 10.7. The van der Waals surface area contributed by atoms with Crippen molar-refractivity contribution in [2.75, 3.05) is 5.75 Å². The van der Waals surface area contributed by atoms with Crippen LogP contribution in [-0.2, 0) is 16.4 Å². The summed E-state index contributed by atoms with van der Waals surface area (Å²) < 4.78 is 21.3. The van der Waals surface area contributed by atoms with Gasteiger partial charge in [0.15, 0.2) is 0 Å². The van der Waals surface area contributed by atoms with Gasteiger partial charge in [-0.25, -0.2) is 13.6 Å². The third-order valence-corrected chi connectivity index (χ3v) is 2.53. The number of aryl methyl sites for hydroxylation is 1. The molecule has 0 saturated heterocycles. The van der Waals surface area contributed by atoms with Crippen LogP contribution in [-0.4, -0.2) is 14.2 Å². The molecule has 0 atom stereocenters. The van der Waals surface area contributed by atoms with Crippen LogP contribution in [0.15, 0.2) is 24.3 Å². The Morgan fingerprint density at radius 1 is 1.29 bits per heavy atom. The molecule has 0 amide bonds. The molecule has 1 aromatic rings. The first-order chi connectivity index (χ1) is 6.51. The van der Waals surface area contributed by atoms with Gasteiger partial charge in [-0.15, -0.1) is 0 Å². The summed E-state index contributed by atoms with van der Waals surface area (Å²) in [7, 11) is -3.40. The van der Waals surface area contributed by atoms with Gasteiger partial charge < -0.3 is 0 Å². The van der Waals surface area contributed by atoms with Gasteiger partial charge in [-0.2, -0.15) is 5.26 Å². The van der Waals surface area contributed by atoms with Gasteiger partial charge in [-0.3, -0.25) is 0 Å². The molecule has 0 unspecified atom stereocenters. The molecule has 1 aromatic carbocycles. The number of hydrogen-bond donors (Lipinski definition) is 1. The number of nitrogens with zero attached hydrogens (tertiary/aromatic N) is 1. The molecule has 5 heteroatoms. The molecule has 2 N–H and O–H groups in total. The molecule has 0 aromatic heterocycles. The van der Waals surface area contributed by atoms with Gasteiger partial charge in [0, 0.05) is 0 Å². The van der Waals surface area contributed by atoms with Crippen molar-refractivity contribution in [3.63, 3.8) is 0 Å². The molecular weight excluding hydrogens is 200 g/mol. The number of benzene rings is 1. The highest BCUT2D eigenvalue weighted by atomic mass is 32.2. The van der Waals surface area contributed by atoms with Crippen LogP contribution in [0.3, 0.4) is 0 Å². The van der Waals surface area contributed by atoms with Crippen LogP contribution in [0.5, 0.6) is 0 Å². The molecule has 0 aliphatic carbocycles. The highest BCUT2D eigenvalue weighted by Gasteiger charge is 2.02. The number of nitrogens with two attached hydrogens (primary N) is 1. The van der Waals surface area contributed by atoms with E-state index in [4.69, 9.17) is 10.4 Å². The monoisotopic (exact) mass is 210 g/mol. The first kappa shape index (κ1) is 10.7. The number of rotatable bonds is 3. The molecule has 0 fully saturated rings. The maximum Gasteiger partial charge on any atom is 0.209 e. The number of hydrogen-bond acceptors (Lipinski definition) is 3. The fourth-order valence-corrected chi connectivity index (χ4v) is 1.53. The van der Waals surface area contributed by atoms with Crippen molar-refractivity contribution < 1.29 is 8.42 Å². The van der Waals surface area contributed by atoms with Crippen LogP contribution in [0.2, 0.25) is 0 Å². The van der Waals surface area contributed by atoms with E-state index in [2.05, 4.69) is 0 Å². The number of nitriles is 1. The minimum absolute atomic E-state index is 0.0705. The van der Waals surface area contributed by atoms with E-state index in [0.29, 0.717) is 12.0 Å². The zero-order chi connectivity index (χ0) is 10.6. The molecule has 0 bridgehead atoms. The first-order valence-corrected chi connectivity index (χ1v) is 5.72. The summed E-state index contributed by atoms with van der Waals surface area (Å²) in [5.74, 6) is -0.0705. The first-order valence-electron chi connectivity index (χ1n) is 4.01. The smallest absolute Gasteiger partial charge is 0.209 e. The molecule has 14 heavy (non-hydrogen) atoms. The van der Waals surface area contributed by atoms with Gasteiger partial charge in [0.1, 0.15) is 0 Å². The normalized spacial score (nSPS) is 10.9. The lowest BCUT2D eigenvalue weighted by molar-refractivity contribution is 0.597. The van der Waals surface area contributed by atoms with Crippen LogP contribution in [0.1, 0.15) is 11.1 Å². The third-order valence-electron chi connectivity index (χ3n) is 1.76. The Kier molecular flexibility index (Phi) is 3.23. The van der Waals surface area contributed by atoms with Gasteiger partial charge in [0.05, 0.1) is 17.4 Å². The summed E-state index contributed by atoms with van der Waals surface area (Å²) >= 11 is 0. The standard InChI is InChI=1S/C9H10N2O2S/c10-7-9-3-1-8(2-4-9)5-6-14(11,12)13/h1-4H,5-6H2,(H2,11,12,13). The highest BCUT2D eigenvalue weighted by molar-refractivity contribution is 7.89. The summed E-state index contributed by atoms with van der Waals surface area (Å²) in [6.07, 6.45) is 0.380. The zero-order valence-electron chi connectivity index (χ0n) is 7.47. The van der Waals surface area contributed by atoms with Gasteiger partial charge in [-0.05, 0) is 24.1 Å². The Bertz CT molecular complexity index is 443. The van der Waals surface area contributed by atoms with Crippen molar-refractivity contribution in [2.24, 2.45) is 5.14 Å². The summed E-state index contributed by atoms with van der Waals surface area (Å²) in [6, 6.07) is 8.74. The Morgan fingerprint density at radius 3 is 2.29 bits per heavy atom. The van der Waals surface area contributed by atoms with Crippen molar-refractivity contribution >= 4 is 10.0 Å². The predicted molar refractivity (Wildman–Crippen MR) is 52.8 cm³/mol. The van der Waals surface area contributed by atoms with Crippen LogP contribution in [0, 0.1) is 11.3 Å². The van der Waals surface area contributed by atoms with E-state index >= 15 is 0 Å². The van der Waals surface area contributed by atoms with Crippen LogP contribution in [0.25, 0.3) is 0 Å². The second kappa shape index (κ2) is 4.22. The van der Waals surface area contributed by atoms with Crippen molar-refractivity contribution in [1.29, 1.82) is 5.26 Å². The van der Waals surface area contributed by atoms with Gasteiger partial charge in [0.25, 0.3) is 0 Å². The number of primary sulfonamides is 1. The average Bonchev–Trinajstić information content (AvgIpc) is 2.14. The second-order valence-corrected chi connectivity index (χ2v) is 4.66. The van der Waals surface area contributed by atoms with Crippen molar-refractivity contribution in [3.05, 3.63) is 35.4 Å². The van der Waals surface area contributed by atoms with Crippen molar-refractivity contribution in [2.45, 2.75) is 6.42 Å². The van der Waals surface area contributed by atoms with Crippen LogP contribution < -0.4 is 5.14 Å². The Morgan fingerprint density at radius 2 is 1.86 bits per heavy atom. The predicted octanol–water partition coefficient (Wildman–Crippen LogP) is 0.389. The number of sulfonamides is 1. The summed E-state index contributed by atoms with van der Waals surface area (Å²) in [5.41, 5.74) is 1.42. The minimum Gasteiger partial charge on any atom is -0.229 e. The molecule has 74 valence electrons. The second-order valence-electron chi connectivity index (χ2n) is 2.93. The summed E-state index contributed by atoms with van der Waals surface area (Å²) in [4.78, 5) is 0. The Labute approximate surface area is 83.0 Å². The fourth-order valence-electron chi connectivity index (χ4n) is 1.01. The largest absolute Gasteiger partial charge is 0.229 e. The summed E-state index contributed by atoms with van der Waals surface area (Å²) in [6.45, 7) is 0. The maximum atomic E-state index is 10.7. The lowest BCUT2D eigenvalue weighted by Gasteiger charge is -1.99. The highest BCUT2D eigenvalue weighted by Crippen LogP contribution is 2.04. The fraction of sp³-hybridized carbons (Fsp3) is 0.222. The van der Waals surface area contributed by atoms with E-state index in [1.807, 2.05) is 6.07 Å². The lowest BCUT2D eigenvalue weighted by atomic mass is 10.1. The SMILES string of the molecule is N#Cc1ccc(CCS(N)(=O)=O)cc1. The Hall–Kier alpha value is -1.38. The summed E-state index contributed by atoms with van der Waals surface area (Å²) in [5, 5.41) is 13.4. The molecule has 1 rings (SSSR count). The van der Waals surface area contributed by atoms with Crippen molar-refractivity contribution in [3.8, 4) is 6.07 Å². The third kappa shape index (κ3) is 3.56. The Balaban J connectivity index is 2.67. The molecule has 0 aliphatic rings. The van der Waals surface area contributed by atoms with E-state index in [1.54, 1.807) is 24.3 Å². The van der Waals surface area contributed by atoms with Crippen molar-refractivity contribution in [1.82, 2.24) is 0 Å². The van der Waals surface area contributed by atoms with E-state index in [0.717, 1.165) is 5.56 Å². The van der Waals surface area contributed by atoms with Crippen LogP contribution in [0.4, 0.5) is 0 Å². The van der Waals surface area contributed by atoms with E-state index in [9.17, 15) is 8.42 Å². The molecule has 0 radical (unpaired) electrons. The van der Waals surface area contributed by atoms with Crippen LogP contribution >= 0.6 is 0 Å². The molecular formula is C9H10N2O2S. The van der Waals surface area contributed by atoms with Gasteiger partial charge in [0.2, 0.25) is 10.0 Å². The van der Waals surface area contributed by atoms with Gasteiger partial charge >= 0.3 is 0 Å².